The van der Waals surface area contributed by atoms with Gasteiger partial charge in [-0.3, -0.25) is 9.48 Å². The molecule has 0 aliphatic carbocycles. The minimum atomic E-state index is 0.111. The van der Waals surface area contributed by atoms with Gasteiger partial charge < -0.3 is 9.80 Å². The number of hydrogen-bond donors (Lipinski definition) is 0. The van der Waals surface area contributed by atoms with Gasteiger partial charge in [-0.2, -0.15) is 5.10 Å². The molecule has 130 valence electrons. The number of amides is 1. The molecule has 0 saturated carbocycles. The van der Waals surface area contributed by atoms with E-state index in [-0.39, 0.29) is 5.91 Å². The molecule has 1 aliphatic heterocycles. The summed E-state index contributed by atoms with van der Waals surface area (Å²) in [5, 5.41) is 6.23. The van der Waals surface area contributed by atoms with Gasteiger partial charge >= 0.3 is 0 Å². The van der Waals surface area contributed by atoms with Crippen molar-refractivity contribution in [3.05, 3.63) is 45.9 Å². The topological polar surface area (TPSA) is 41.4 Å². The summed E-state index contributed by atoms with van der Waals surface area (Å²) in [7, 11) is 1.92. The quantitative estimate of drug-likeness (QED) is 0.688. The SMILES string of the molecule is Cc1nn(C)c2sc(C(=O)N3CCN(c4ccccc4Cl)CC3)cc12. The van der Waals surface area contributed by atoms with E-state index in [1.54, 1.807) is 0 Å². The number of carbonyl (C=O) groups is 1. The Balaban J connectivity index is 1.49. The van der Waals surface area contributed by atoms with Crippen molar-refractivity contribution >= 4 is 44.7 Å². The Bertz CT molecular complexity index is 905. The number of piperazine rings is 1. The second-order valence-electron chi connectivity index (χ2n) is 6.27. The minimum absolute atomic E-state index is 0.111. The second kappa shape index (κ2) is 6.35. The molecule has 25 heavy (non-hydrogen) atoms. The molecule has 0 atom stereocenters. The highest BCUT2D eigenvalue weighted by Crippen LogP contribution is 2.30. The molecule has 1 aromatic carbocycles. The summed E-state index contributed by atoms with van der Waals surface area (Å²) in [6.07, 6.45) is 0. The summed E-state index contributed by atoms with van der Waals surface area (Å²) in [6, 6.07) is 9.84. The van der Waals surface area contributed by atoms with Gasteiger partial charge in [0.2, 0.25) is 0 Å². The molecular formula is C18H19ClN4OS. The molecule has 0 radical (unpaired) electrons. The fourth-order valence-electron chi connectivity index (χ4n) is 3.33. The zero-order valence-electron chi connectivity index (χ0n) is 14.2. The Morgan fingerprint density at radius 3 is 2.60 bits per heavy atom. The summed E-state index contributed by atoms with van der Waals surface area (Å²) in [6.45, 7) is 4.97. The third-order valence-electron chi connectivity index (χ3n) is 4.67. The van der Waals surface area contributed by atoms with Crippen LogP contribution in [0.3, 0.4) is 0 Å². The number of thiophene rings is 1. The molecule has 1 fully saturated rings. The van der Waals surface area contributed by atoms with Crippen LogP contribution in [-0.2, 0) is 7.05 Å². The number of nitrogens with zero attached hydrogens (tertiary/aromatic N) is 4. The summed E-state index contributed by atoms with van der Waals surface area (Å²) in [5.41, 5.74) is 2.01. The predicted molar refractivity (Wildman–Crippen MR) is 103 cm³/mol. The first kappa shape index (κ1) is 16.4. The van der Waals surface area contributed by atoms with Gasteiger partial charge in [0, 0.05) is 38.6 Å². The number of aromatic nitrogens is 2. The van der Waals surface area contributed by atoms with Crippen LogP contribution in [0.25, 0.3) is 10.2 Å². The van der Waals surface area contributed by atoms with Crippen LogP contribution in [0, 0.1) is 6.92 Å². The number of benzene rings is 1. The first-order chi connectivity index (χ1) is 12.0. The molecule has 1 saturated heterocycles. The van der Waals surface area contributed by atoms with E-state index in [0.29, 0.717) is 13.1 Å². The number of aryl methyl sites for hydroxylation is 2. The summed E-state index contributed by atoms with van der Waals surface area (Å²) >= 11 is 7.81. The van der Waals surface area contributed by atoms with Gasteiger partial charge in [-0.15, -0.1) is 11.3 Å². The summed E-state index contributed by atoms with van der Waals surface area (Å²) in [4.78, 5) is 18.9. The van der Waals surface area contributed by atoms with Crippen LogP contribution < -0.4 is 4.90 Å². The van der Waals surface area contributed by atoms with Crippen molar-refractivity contribution in [3.63, 3.8) is 0 Å². The van der Waals surface area contributed by atoms with Crippen molar-refractivity contribution in [2.75, 3.05) is 31.1 Å². The molecule has 2 aromatic heterocycles. The third kappa shape index (κ3) is 2.89. The number of carbonyl (C=O) groups excluding carboxylic acids is 1. The number of para-hydroxylation sites is 1. The fourth-order valence-corrected chi connectivity index (χ4v) is 4.67. The van der Waals surface area contributed by atoms with E-state index in [1.807, 2.05) is 53.9 Å². The number of fused-ring (bicyclic) bond motifs is 1. The van der Waals surface area contributed by atoms with Crippen LogP contribution >= 0.6 is 22.9 Å². The van der Waals surface area contributed by atoms with Gasteiger partial charge in [0.05, 0.1) is 21.3 Å². The van der Waals surface area contributed by atoms with E-state index in [4.69, 9.17) is 11.6 Å². The van der Waals surface area contributed by atoms with Crippen LogP contribution in [0.5, 0.6) is 0 Å². The van der Waals surface area contributed by atoms with Gasteiger partial charge in [-0.05, 0) is 25.1 Å². The lowest BCUT2D eigenvalue weighted by atomic mass is 10.2. The van der Waals surface area contributed by atoms with Crippen LogP contribution in [0.2, 0.25) is 5.02 Å². The molecule has 1 aliphatic rings. The van der Waals surface area contributed by atoms with E-state index < -0.39 is 0 Å². The standard InChI is InChI=1S/C18H19ClN4OS/c1-12-13-11-16(25-18(13)21(2)20-12)17(24)23-9-7-22(8-10-23)15-6-4-3-5-14(15)19/h3-6,11H,7-10H2,1-2H3. The zero-order chi connectivity index (χ0) is 17.6. The molecule has 0 N–H and O–H groups in total. The number of halogens is 1. The van der Waals surface area contributed by atoms with Crippen LogP contribution in [0.4, 0.5) is 5.69 Å². The summed E-state index contributed by atoms with van der Waals surface area (Å²) < 4.78 is 1.85. The Labute approximate surface area is 155 Å². The van der Waals surface area contributed by atoms with Crippen LogP contribution in [0.1, 0.15) is 15.4 Å². The molecule has 0 unspecified atom stereocenters. The maximum Gasteiger partial charge on any atom is 0.264 e. The molecule has 4 rings (SSSR count). The van der Waals surface area contributed by atoms with Gasteiger partial charge in [-0.1, -0.05) is 23.7 Å². The van der Waals surface area contributed by atoms with Gasteiger partial charge in [0.25, 0.3) is 5.91 Å². The molecule has 7 heteroatoms. The van der Waals surface area contributed by atoms with E-state index in [0.717, 1.165) is 44.6 Å². The zero-order valence-corrected chi connectivity index (χ0v) is 15.8. The lowest BCUT2D eigenvalue weighted by molar-refractivity contribution is 0.0752. The Hall–Kier alpha value is -2.05. The van der Waals surface area contributed by atoms with Crippen LogP contribution in [-0.4, -0.2) is 46.8 Å². The van der Waals surface area contributed by atoms with Crippen LogP contribution in [0.15, 0.2) is 30.3 Å². The molecule has 1 amide bonds. The highest BCUT2D eigenvalue weighted by Gasteiger charge is 2.25. The molecule has 0 spiro atoms. The van der Waals surface area contributed by atoms with E-state index in [9.17, 15) is 4.79 Å². The average Bonchev–Trinajstić information content (AvgIpc) is 3.17. The predicted octanol–water partition coefficient (Wildman–Crippen LogP) is 3.56. The van der Waals surface area contributed by atoms with E-state index in [2.05, 4.69) is 10.00 Å². The van der Waals surface area contributed by atoms with Crippen molar-refractivity contribution in [1.82, 2.24) is 14.7 Å². The van der Waals surface area contributed by atoms with Gasteiger partial charge in [0.15, 0.2) is 0 Å². The average molecular weight is 375 g/mol. The maximum atomic E-state index is 12.9. The van der Waals surface area contributed by atoms with Crippen molar-refractivity contribution in [2.24, 2.45) is 7.05 Å². The van der Waals surface area contributed by atoms with Crippen molar-refractivity contribution in [1.29, 1.82) is 0 Å². The smallest absolute Gasteiger partial charge is 0.264 e. The number of rotatable bonds is 2. The second-order valence-corrected chi connectivity index (χ2v) is 7.71. The molecule has 3 aromatic rings. The van der Waals surface area contributed by atoms with Crippen molar-refractivity contribution in [3.8, 4) is 0 Å². The number of anilines is 1. The first-order valence-corrected chi connectivity index (χ1v) is 9.46. The lowest BCUT2D eigenvalue weighted by Gasteiger charge is -2.36. The largest absolute Gasteiger partial charge is 0.367 e. The number of hydrogen-bond acceptors (Lipinski definition) is 4. The van der Waals surface area contributed by atoms with Gasteiger partial charge in [-0.25, -0.2) is 0 Å². The highest BCUT2D eigenvalue weighted by molar-refractivity contribution is 7.20. The molecule has 0 bridgehead atoms. The monoisotopic (exact) mass is 374 g/mol. The van der Waals surface area contributed by atoms with Gasteiger partial charge in [0.1, 0.15) is 4.83 Å². The molecule has 5 nitrogen and oxygen atoms in total. The first-order valence-electron chi connectivity index (χ1n) is 8.26. The summed E-state index contributed by atoms with van der Waals surface area (Å²) in [5.74, 6) is 0.111. The van der Waals surface area contributed by atoms with Crippen molar-refractivity contribution in [2.45, 2.75) is 6.92 Å². The van der Waals surface area contributed by atoms with E-state index >= 15 is 0 Å². The van der Waals surface area contributed by atoms with E-state index in [1.165, 1.54) is 11.3 Å². The normalized spacial score (nSPS) is 15.2. The molecular weight excluding hydrogens is 356 g/mol. The molecule has 3 heterocycles. The lowest BCUT2D eigenvalue weighted by Crippen LogP contribution is -2.48. The highest BCUT2D eigenvalue weighted by atomic mass is 35.5. The van der Waals surface area contributed by atoms with Crippen molar-refractivity contribution < 1.29 is 4.79 Å². The minimum Gasteiger partial charge on any atom is -0.367 e. The Morgan fingerprint density at radius 1 is 1.20 bits per heavy atom. The fraction of sp³-hybridized carbons (Fsp3) is 0.333. The Morgan fingerprint density at radius 2 is 1.92 bits per heavy atom. The Kier molecular flexibility index (Phi) is 4.17. The maximum absolute atomic E-state index is 12.9. The third-order valence-corrected chi connectivity index (χ3v) is 6.18.